The lowest BCUT2D eigenvalue weighted by Crippen LogP contribution is -1.85. The molecule has 0 aliphatic heterocycles. The van der Waals surface area contributed by atoms with E-state index in [1.54, 1.807) is 0 Å². The summed E-state index contributed by atoms with van der Waals surface area (Å²) in [5, 5.41) is 9.03. The molecule has 0 heterocycles. The maximum Gasteiger partial charge on any atom is 0.0998 e. The van der Waals surface area contributed by atoms with E-state index < -0.39 is 0 Å². The van der Waals surface area contributed by atoms with Crippen molar-refractivity contribution in [3.63, 3.8) is 0 Å². The SMILES string of the molecule is CCc1ccc(-c2ccccc2C#N)cc1. The van der Waals surface area contributed by atoms with E-state index in [-0.39, 0.29) is 0 Å². The van der Waals surface area contributed by atoms with Gasteiger partial charge in [-0.25, -0.2) is 0 Å². The quantitative estimate of drug-likeness (QED) is 0.735. The van der Waals surface area contributed by atoms with Crippen LogP contribution in [-0.4, -0.2) is 0 Å². The molecule has 1 nitrogen and oxygen atoms in total. The van der Waals surface area contributed by atoms with E-state index in [1.165, 1.54) is 5.56 Å². The summed E-state index contributed by atoms with van der Waals surface area (Å²) >= 11 is 0. The normalized spacial score (nSPS) is 9.75. The predicted molar refractivity (Wildman–Crippen MR) is 66.0 cm³/mol. The third-order valence-corrected chi connectivity index (χ3v) is 2.72. The van der Waals surface area contributed by atoms with Gasteiger partial charge < -0.3 is 0 Å². The zero-order valence-electron chi connectivity index (χ0n) is 9.27. The molecule has 0 aliphatic carbocycles. The van der Waals surface area contributed by atoms with E-state index in [9.17, 15) is 0 Å². The van der Waals surface area contributed by atoms with E-state index in [1.807, 2.05) is 24.3 Å². The highest BCUT2D eigenvalue weighted by atomic mass is 14.2. The summed E-state index contributed by atoms with van der Waals surface area (Å²) in [6, 6.07) is 18.3. The van der Waals surface area contributed by atoms with Gasteiger partial charge in [-0.1, -0.05) is 49.4 Å². The third kappa shape index (κ3) is 1.97. The lowest BCUT2D eigenvalue weighted by molar-refractivity contribution is 1.14. The van der Waals surface area contributed by atoms with E-state index in [4.69, 9.17) is 5.26 Å². The molecule has 2 aromatic rings. The molecule has 2 rings (SSSR count). The zero-order valence-corrected chi connectivity index (χ0v) is 9.27. The fourth-order valence-corrected chi connectivity index (χ4v) is 1.75. The third-order valence-electron chi connectivity index (χ3n) is 2.72. The molecule has 0 N–H and O–H groups in total. The Hall–Kier alpha value is -2.07. The Labute approximate surface area is 96.0 Å². The largest absolute Gasteiger partial charge is 0.192 e. The first-order chi connectivity index (χ1) is 7.85. The van der Waals surface area contributed by atoms with Gasteiger partial charge in [-0.2, -0.15) is 5.26 Å². The van der Waals surface area contributed by atoms with Crippen molar-refractivity contribution in [1.29, 1.82) is 5.26 Å². The van der Waals surface area contributed by atoms with Gasteiger partial charge in [0.25, 0.3) is 0 Å². The molecule has 2 aromatic carbocycles. The Morgan fingerprint density at radius 2 is 1.69 bits per heavy atom. The monoisotopic (exact) mass is 207 g/mol. The van der Waals surface area contributed by atoms with Crippen LogP contribution >= 0.6 is 0 Å². The van der Waals surface area contributed by atoms with Crippen molar-refractivity contribution < 1.29 is 0 Å². The highest BCUT2D eigenvalue weighted by Crippen LogP contribution is 2.23. The number of hydrogen-bond donors (Lipinski definition) is 0. The van der Waals surface area contributed by atoms with Gasteiger partial charge in [0.15, 0.2) is 0 Å². The maximum atomic E-state index is 9.03. The Morgan fingerprint density at radius 1 is 1.00 bits per heavy atom. The second-order valence-corrected chi connectivity index (χ2v) is 3.71. The van der Waals surface area contributed by atoms with Crippen LogP contribution in [0.15, 0.2) is 48.5 Å². The molecule has 0 saturated heterocycles. The fourth-order valence-electron chi connectivity index (χ4n) is 1.75. The number of rotatable bonds is 2. The molecule has 1 heteroatoms. The minimum absolute atomic E-state index is 0.728. The van der Waals surface area contributed by atoms with Crippen LogP contribution in [0.3, 0.4) is 0 Å². The van der Waals surface area contributed by atoms with Crippen LogP contribution in [0.2, 0.25) is 0 Å². The molecule has 16 heavy (non-hydrogen) atoms. The summed E-state index contributed by atoms with van der Waals surface area (Å²) in [7, 11) is 0. The van der Waals surface area contributed by atoms with E-state index in [2.05, 4.69) is 37.3 Å². The molecule has 0 radical (unpaired) electrons. The number of nitrogens with zero attached hydrogens (tertiary/aromatic N) is 1. The number of aryl methyl sites for hydroxylation is 1. The number of nitriles is 1. The first-order valence-corrected chi connectivity index (χ1v) is 5.43. The molecular weight excluding hydrogens is 194 g/mol. The summed E-state index contributed by atoms with van der Waals surface area (Å²) in [4.78, 5) is 0. The van der Waals surface area contributed by atoms with E-state index >= 15 is 0 Å². The van der Waals surface area contributed by atoms with Crippen molar-refractivity contribution in [2.45, 2.75) is 13.3 Å². The Balaban J connectivity index is 2.47. The molecule has 0 atom stereocenters. The van der Waals surface area contributed by atoms with Crippen LogP contribution in [0, 0.1) is 11.3 Å². The smallest absolute Gasteiger partial charge is 0.0998 e. The average molecular weight is 207 g/mol. The van der Waals surface area contributed by atoms with Crippen LogP contribution < -0.4 is 0 Å². The maximum absolute atomic E-state index is 9.03. The Kier molecular flexibility index (Phi) is 3.03. The molecule has 0 aromatic heterocycles. The molecule has 78 valence electrons. The summed E-state index contributed by atoms with van der Waals surface area (Å²) in [5.41, 5.74) is 4.16. The van der Waals surface area contributed by atoms with Gasteiger partial charge >= 0.3 is 0 Å². The van der Waals surface area contributed by atoms with E-state index in [0.717, 1.165) is 23.1 Å². The van der Waals surface area contributed by atoms with Crippen molar-refractivity contribution >= 4 is 0 Å². The number of hydrogen-bond acceptors (Lipinski definition) is 1. The first kappa shape index (κ1) is 10.4. The molecular formula is C15H13N. The first-order valence-electron chi connectivity index (χ1n) is 5.43. The second-order valence-electron chi connectivity index (χ2n) is 3.71. The molecule has 0 saturated carbocycles. The summed E-state index contributed by atoms with van der Waals surface area (Å²) in [5.74, 6) is 0. The highest BCUT2D eigenvalue weighted by Gasteiger charge is 2.02. The molecule has 0 fully saturated rings. The lowest BCUT2D eigenvalue weighted by Gasteiger charge is -2.04. The Morgan fingerprint density at radius 3 is 2.31 bits per heavy atom. The summed E-state index contributed by atoms with van der Waals surface area (Å²) < 4.78 is 0. The number of benzene rings is 2. The molecule has 0 bridgehead atoms. The van der Waals surface area contributed by atoms with Gasteiger partial charge in [0.05, 0.1) is 11.6 Å². The zero-order chi connectivity index (χ0) is 11.4. The van der Waals surface area contributed by atoms with Crippen molar-refractivity contribution in [3.05, 3.63) is 59.7 Å². The van der Waals surface area contributed by atoms with Gasteiger partial charge in [-0.15, -0.1) is 0 Å². The van der Waals surface area contributed by atoms with Gasteiger partial charge in [-0.05, 0) is 29.2 Å². The standard InChI is InChI=1S/C15H13N/c1-2-12-7-9-13(10-8-12)15-6-4-3-5-14(15)11-16/h3-10H,2H2,1H3. The van der Waals surface area contributed by atoms with Crippen LogP contribution in [0.1, 0.15) is 18.1 Å². The van der Waals surface area contributed by atoms with Gasteiger partial charge in [-0.3, -0.25) is 0 Å². The van der Waals surface area contributed by atoms with Crippen molar-refractivity contribution in [1.82, 2.24) is 0 Å². The van der Waals surface area contributed by atoms with Crippen LogP contribution in [0.5, 0.6) is 0 Å². The molecule has 0 unspecified atom stereocenters. The van der Waals surface area contributed by atoms with Crippen LogP contribution in [0.25, 0.3) is 11.1 Å². The predicted octanol–water partition coefficient (Wildman–Crippen LogP) is 3.79. The van der Waals surface area contributed by atoms with E-state index in [0.29, 0.717) is 0 Å². The van der Waals surface area contributed by atoms with Gasteiger partial charge in [0.1, 0.15) is 0 Å². The highest BCUT2D eigenvalue weighted by molar-refractivity contribution is 5.70. The Bertz CT molecular complexity index is 518. The molecule has 0 amide bonds. The van der Waals surface area contributed by atoms with Crippen LogP contribution in [-0.2, 0) is 6.42 Å². The van der Waals surface area contributed by atoms with Gasteiger partial charge in [0, 0.05) is 0 Å². The summed E-state index contributed by atoms with van der Waals surface area (Å²) in [6.07, 6.45) is 1.04. The van der Waals surface area contributed by atoms with Crippen molar-refractivity contribution in [2.75, 3.05) is 0 Å². The minimum Gasteiger partial charge on any atom is -0.192 e. The van der Waals surface area contributed by atoms with Crippen molar-refractivity contribution in [2.24, 2.45) is 0 Å². The summed E-state index contributed by atoms with van der Waals surface area (Å²) in [6.45, 7) is 2.14. The van der Waals surface area contributed by atoms with Gasteiger partial charge in [0.2, 0.25) is 0 Å². The topological polar surface area (TPSA) is 23.8 Å². The van der Waals surface area contributed by atoms with Crippen molar-refractivity contribution in [3.8, 4) is 17.2 Å². The molecule has 0 aliphatic rings. The fraction of sp³-hybridized carbons (Fsp3) is 0.133. The van der Waals surface area contributed by atoms with Crippen LogP contribution in [0.4, 0.5) is 0 Å². The second kappa shape index (κ2) is 4.63. The average Bonchev–Trinajstić information content (AvgIpc) is 2.39. The molecule has 0 spiro atoms. The minimum atomic E-state index is 0.728. The lowest BCUT2D eigenvalue weighted by atomic mass is 9.99.